The van der Waals surface area contributed by atoms with Crippen molar-refractivity contribution < 1.29 is 37.1 Å². The van der Waals surface area contributed by atoms with Crippen LogP contribution >= 0.6 is 23.1 Å². The van der Waals surface area contributed by atoms with Crippen LogP contribution in [0.15, 0.2) is 82.6 Å². The molecule has 2 aliphatic rings. The van der Waals surface area contributed by atoms with Gasteiger partial charge >= 0.3 is 11.0 Å². The summed E-state index contributed by atoms with van der Waals surface area (Å²) in [6.45, 7) is -0.473. The number of alkyl halides is 3. The van der Waals surface area contributed by atoms with Crippen LogP contribution in [0.25, 0.3) is 0 Å². The predicted molar refractivity (Wildman–Crippen MR) is 151 cm³/mol. The first kappa shape index (κ1) is 28.7. The number of carbonyl (C=O) groups excluding carboxylic acids is 3. The van der Waals surface area contributed by atoms with Crippen LogP contribution in [0.4, 0.5) is 28.9 Å². The van der Waals surface area contributed by atoms with Crippen LogP contribution < -0.4 is 15.1 Å². The maximum atomic E-state index is 13.9. The van der Waals surface area contributed by atoms with Gasteiger partial charge in [0.2, 0.25) is 17.7 Å². The molecule has 2 N–H and O–H groups in total. The number of carbonyl (C=O) groups is 3. The molecule has 0 aliphatic carbocycles. The van der Waals surface area contributed by atoms with E-state index in [1.165, 1.54) is 30.3 Å². The molecule has 0 saturated carbocycles. The van der Waals surface area contributed by atoms with Crippen LogP contribution in [-0.4, -0.2) is 32.6 Å². The Kier molecular flexibility index (Phi) is 7.13. The van der Waals surface area contributed by atoms with Crippen molar-refractivity contribution in [3.63, 3.8) is 0 Å². The largest absolute Gasteiger partial charge is 0.508 e. The first-order valence-electron chi connectivity index (χ1n) is 12.7. The van der Waals surface area contributed by atoms with E-state index in [0.29, 0.717) is 9.78 Å². The van der Waals surface area contributed by atoms with Crippen molar-refractivity contribution in [2.45, 2.75) is 28.9 Å². The van der Waals surface area contributed by atoms with Gasteiger partial charge in [-0.2, -0.15) is 13.2 Å². The molecule has 2 aliphatic heterocycles. The molecule has 220 valence electrons. The summed E-state index contributed by atoms with van der Waals surface area (Å²) in [7, 11) is 0. The number of anilines is 2. The lowest BCUT2D eigenvalue weighted by Gasteiger charge is -2.31. The standard InChI is InChI=1S/C29H19F4N3O5S2/c30-15-8-10-16(11-9-15)34-20(38)13-35-27-24(43-28(35)41)21(18-6-1-2-7-19(18)37)22-23(42-27)26(40)36(25(22)39)17-5-3-4-14(12-17)29(31,32)33/h1-12,21-23,37H,13H2,(H,34,38). The van der Waals surface area contributed by atoms with Crippen molar-refractivity contribution in [2.24, 2.45) is 5.92 Å². The SMILES string of the molecule is O=C(Cn1c2c(sc1=O)C(c1ccccc1O)C1C(=O)N(c3cccc(C(F)(F)F)c3)C(=O)C1S2)Nc1ccc(F)cc1. The number of aromatic nitrogens is 1. The van der Waals surface area contributed by atoms with E-state index >= 15 is 0 Å². The fraction of sp³-hybridized carbons (Fsp3) is 0.172. The summed E-state index contributed by atoms with van der Waals surface area (Å²) < 4.78 is 54.8. The lowest BCUT2D eigenvalue weighted by molar-refractivity contribution is -0.137. The van der Waals surface area contributed by atoms with Gasteiger partial charge in [0.25, 0.3) is 0 Å². The Morgan fingerprint density at radius 1 is 0.953 bits per heavy atom. The van der Waals surface area contributed by atoms with E-state index in [4.69, 9.17) is 0 Å². The van der Waals surface area contributed by atoms with Crippen LogP contribution in [0.2, 0.25) is 0 Å². The topological polar surface area (TPSA) is 109 Å². The number of aromatic hydroxyl groups is 1. The molecule has 1 fully saturated rings. The van der Waals surface area contributed by atoms with E-state index in [2.05, 4.69) is 5.32 Å². The highest BCUT2D eigenvalue weighted by Crippen LogP contribution is 2.55. The molecular formula is C29H19F4N3O5S2. The molecule has 14 heteroatoms. The molecule has 4 aromatic rings. The second kappa shape index (κ2) is 10.7. The second-order valence-electron chi connectivity index (χ2n) is 9.84. The summed E-state index contributed by atoms with van der Waals surface area (Å²) in [5, 5.41) is 12.4. The summed E-state index contributed by atoms with van der Waals surface area (Å²) in [6.07, 6.45) is -4.71. The normalized spacial score (nSPS) is 19.7. The number of phenolic OH excluding ortho intramolecular Hbond substituents is 1. The number of nitrogens with zero attached hydrogens (tertiary/aromatic N) is 2. The molecule has 3 unspecified atom stereocenters. The number of para-hydroxylation sites is 1. The first-order chi connectivity index (χ1) is 20.4. The molecule has 6 rings (SSSR count). The van der Waals surface area contributed by atoms with Crippen LogP contribution in [0, 0.1) is 11.7 Å². The molecule has 43 heavy (non-hydrogen) atoms. The number of nitrogens with one attached hydrogen (secondary N) is 1. The van der Waals surface area contributed by atoms with Crippen molar-refractivity contribution in [1.82, 2.24) is 4.57 Å². The van der Waals surface area contributed by atoms with Crippen LogP contribution in [0.1, 0.15) is 21.9 Å². The summed E-state index contributed by atoms with van der Waals surface area (Å²) >= 11 is 1.63. The lowest BCUT2D eigenvalue weighted by Crippen LogP contribution is -2.33. The van der Waals surface area contributed by atoms with Crippen molar-refractivity contribution in [1.29, 1.82) is 0 Å². The van der Waals surface area contributed by atoms with E-state index in [0.717, 1.165) is 58.0 Å². The Labute approximate surface area is 248 Å². The number of imide groups is 1. The molecule has 1 saturated heterocycles. The van der Waals surface area contributed by atoms with Crippen LogP contribution in [0.3, 0.4) is 0 Å². The molecule has 3 aromatic carbocycles. The quantitative estimate of drug-likeness (QED) is 0.232. The number of hydrogen-bond acceptors (Lipinski definition) is 7. The third kappa shape index (κ3) is 5.10. The van der Waals surface area contributed by atoms with Crippen LogP contribution in [-0.2, 0) is 27.1 Å². The fourth-order valence-electron chi connectivity index (χ4n) is 5.29. The molecule has 3 amide bonds. The third-order valence-corrected chi connectivity index (χ3v) is 9.79. The van der Waals surface area contributed by atoms with E-state index in [1.54, 1.807) is 12.1 Å². The summed E-state index contributed by atoms with van der Waals surface area (Å²) in [5.74, 6) is -5.05. The van der Waals surface area contributed by atoms with Crippen molar-refractivity contribution in [3.8, 4) is 5.75 Å². The van der Waals surface area contributed by atoms with Gasteiger partial charge in [0.1, 0.15) is 23.4 Å². The number of fused-ring (bicyclic) bond motifs is 2. The minimum absolute atomic E-state index is 0.205. The summed E-state index contributed by atoms with van der Waals surface area (Å²) in [4.78, 5) is 54.2. The number of phenols is 1. The molecule has 3 heterocycles. The zero-order valence-corrected chi connectivity index (χ0v) is 23.3. The van der Waals surface area contributed by atoms with Gasteiger partial charge in [-0.05, 0) is 48.5 Å². The Balaban J connectivity index is 1.42. The van der Waals surface area contributed by atoms with E-state index < -0.39 is 63.8 Å². The molecule has 0 bridgehead atoms. The molecule has 8 nitrogen and oxygen atoms in total. The van der Waals surface area contributed by atoms with Gasteiger partial charge in [0, 0.05) is 22.0 Å². The molecular weight excluding hydrogens is 610 g/mol. The molecule has 1 aromatic heterocycles. The smallest absolute Gasteiger partial charge is 0.416 e. The number of amides is 3. The number of rotatable bonds is 5. The number of halogens is 4. The lowest BCUT2D eigenvalue weighted by atomic mass is 9.82. The van der Waals surface area contributed by atoms with Gasteiger partial charge in [-0.15, -0.1) is 0 Å². The van der Waals surface area contributed by atoms with E-state index in [1.807, 2.05) is 0 Å². The summed E-state index contributed by atoms with van der Waals surface area (Å²) in [5.41, 5.74) is -0.757. The molecule has 0 spiro atoms. The Morgan fingerprint density at radius 2 is 1.67 bits per heavy atom. The Bertz CT molecular complexity index is 1840. The zero-order valence-electron chi connectivity index (χ0n) is 21.7. The minimum Gasteiger partial charge on any atom is -0.508 e. The van der Waals surface area contributed by atoms with Gasteiger partial charge in [0.05, 0.1) is 22.2 Å². The highest BCUT2D eigenvalue weighted by atomic mass is 32.2. The van der Waals surface area contributed by atoms with Crippen molar-refractivity contribution in [3.05, 3.63) is 104 Å². The second-order valence-corrected chi connectivity index (χ2v) is 12.0. The van der Waals surface area contributed by atoms with Crippen molar-refractivity contribution >= 4 is 52.2 Å². The van der Waals surface area contributed by atoms with Crippen LogP contribution in [0.5, 0.6) is 5.75 Å². The van der Waals surface area contributed by atoms with Crippen molar-refractivity contribution in [2.75, 3.05) is 10.2 Å². The fourth-order valence-corrected chi connectivity index (χ4v) is 8.06. The first-order valence-corrected chi connectivity index (χ1v) is 14.4. The maximum absolute atomic E-state index is 13.9. The highest BCUT2D eigenvalue weighted by Gasteiger charge is 2.57. The van der Waals surface area contributed by atoms with E-state index in [9.17, 15) is 41.8 Å². The number of thiazole rings is 1. The monoisotopic (exact) mass is 629 g/mol. The highest BCUT2D eigenvalue weighted by molar-refractivity contribution is 8.00. The minimum atomic E-state index is -4.71. The Morgan fingerprint density at radius 3 is 2.37 bits per heavy atom. The van der Waals surface area contributed by atoms with Gasteiger partial charge in [0.15, 0.2) is 0 Å². The third-order valence-electron chi connectivity index (χ3n) is 7.18. The number of benzene rings is 3. The van der Waals surface area contributed by atoms with Gasteiger partial charge in [-0.25, -0.2) is 9.29 Å². The van der Waals surface area contributed by atoms with Gasteiger partial charge < -0.3 is 10.4 Å². The maximum Gasteiger partial charge on any atom is 0.416 e. The number of thioether (sulfide) groups is 1. The number of hydrogen-bond donors (Lipinski definition) is 2. The average Bonchev–Trinajstić information content (AvgIpc) is 3.40. The average molecular weight is 630 g/mol. The molecule has 3 atom stereocenters. The van der Waals surface area contributed by atoms with Gasteiger partial charge in [-0.3, -0.25) is 23.7 Å². The zero-order chi connectivity index (χ0) is 30.6. The molecule has 0 radical (unpaired) electrons. The predicted octanol–water partition coefficient (Wildman–Crippen LogP) is 5.21. The van der Waals surface area contributed by atoms with E-state index in [-0.39, 0.29) is 27.7 Å². The Hall–Kier alpha value is -4.43. The summed E-state index contributed by atoms with van der Waals surface area (Å²) in [6, 6.07) is 15.0. The van der Waals surface area contributed by atoms with Gasteiger partial charge in [-0.1, -0.05) is 47.4 Å².